The number of anilines is 1. The molecule has 7 heteroatoms. The second kappa shape index (κ2) is 5.17. The maximum Gasteiger partial charge on any atom is 0.414 e. The lowest BCUT2D eigenvalue weighted by atomic mass is 10.2. The highest BCUT2D eigenvalue weighted by molar-refractivity contribution is 5.83. The molecule has 7 nitrogen and oxygen atoms in total. The van der Waals surface area contributed by atoms with Crippen LogP contribution in [0.25, 0.3) is 0 Å². The van der Waals surface area contributed by atoms with Gasteiger partial charge in [-0.25, -0.2) is 10.1 Å². The average Bonchev–Trinajstić information content (AvgIpc) is 2.70. The van der Waals surface area contributed by atoms with Gasteiger partial charge >= 0.3 is 11.9 Å². The van der Waals surface area contributed by atoms with Gasteiger partial charge in [0, 0.05) is 6.92 Å². The summed E-state index contributed by atoms with van der Waals surface area (Å²) in [7, 11) is 0. The quantitative estimate of drug-likeness (QED) is 0.829. The number of nitrogens with one attached hydrogen (secondary N) is 1. The molecule has 1 N–H and O–H groups in total. The predicted molar refractivity (Wildman–Crippen MR) is 60.4 cm³/mol. The van der Waals surface area contributed by atoms with E-state index in [2.05, 4.69) is 15.1 Å². The van der Waals surface area contributed by atoms with E-state index in [0.29, 0.717) is 0 Å². The van der Waals surface area contributed by atoms with Crippen molar-refractivity contribution in [3.8, 4) is 0 Å². The second-order valence-electron chi connectivity index (χ2n) is 3.55. The van der Waals surface area contributed by atoms with E-state index in [1.54, 1.807) is 0 Å². The third-order valence-corrected chi connectivity index (χ3v) is 2.26. The minimum Gasteiger partial charge on any atom is -0.444 e. The number of ether oxygens (including phenoxy) is 1. The van der Waals surface area contributed by atoms with E-state index in [4.69, 9.17) is 4.74 Å². The van der Waals surface area contributed by atoms with Gasteiger partial charge in [0.1, 0.15) is 6.61 Å². The first-order valence-electron chi connectivity index (χ1n) is 5.21. The Kier molecular flexibility index (Phi) is 3.42. The molecule has 0 aliphatic carbocycles. The number of hydrogen-bond acceptors (Lipinski definition) is 5. The number of aromatic nitrogens is 2. The van der Waals surface area contributed by atoms with Crippen molar-refractivity contribution in [1.82, 2.24) is 5.16 Å². The first-order chi connectivity index (χ1) is 8.66. The summed E-state index contributed by atoms with van der Waals surface area (Å²) in [5, 5.41) is 16.6. The lowest BCUT2D eigenvalue weighted by Gasteiger charge is -2.03. The Morgan fingerprint density at radius 2 is 2.22 bits per heavy atom. The van der Waals surface area contributed by atoms with Crippen molar-refractivity contribution < 1.29 is 19.1 Å². The predicted octanol–water partition coefficient (Wildman–Crippen LogP) is 1.37. The highest BCUT2D eigenvalue weighted by atomic mass is 16.8. The molecule has 0 aliphatic rings. The van der Waals surface area contributed by atoms with Crippen molar-refractivity contribution in [2.24, 2.45) is 0 Å². The molecule has 94 valence electrons. The number of rotatable bonds is 3. The maximum absolute atomic E-state index is 11.4. The summed E-state index contributed by atoms with van der Waals surface area (Å²) >= 11 is 0. The Hall–Kier alpha value is -2.57. The van der Waals surface area contributed by atoms with Crippen LogP contribution in [-0.2, 0) is 11.3 Å². The third-order valence-electron chi connectivity index (χ3n) is 2.26. The Morgan fingerprint density at radius 3 is 2.83 bits per heavy atom. The Balaban J connectivity index is 1.88. The monoisotopic (exact) mass is 249 g/mol. The van der Waals surface area contributed by atoms with E-state index in [1.165, 1.54) is 6.92 Å². The fourth-order valence-corrected chi connectivity index (χ4v) is 1.26. The molecule has 0 saturated heterocycles. The van der Waals surface area contributed by atoms with Crippen molar-refractivity contribution in [3.05, 3.63) is 46.8 Å². The summed E-state index contributed by atoms with van der Waals surface area (Å²) in [6, 6.07) is 9.23. The molecule has 0 spiro atoms. The normalized spacial score (nSPS) is 10.1. The molecule has 0 radical (unpaired) electrons. The Labute approximate surface area is 103 Å². The SMILES string of the molecule is Cc1c(NC(=O)OCc2ccccc2)no[n+]1[O-]. The molecule has 0 aliphatic heterocycles. The summed E-state index contributed by atoms with van der Waals surface area (Å²) in [4.78, 5) is 11.6. The molecule has 1 aromatic carbocycles. The molecule has 0 unspecified atom stereocenters. The van der Waals surface area contributed by atoms with Crippen molar-refractivity contribution >= 4 is 11.9 Å². The number of nitrogens with zero attached hydrogens (tertiary/aromatic N) is 2. The first-order valence-corrected chi connectivity index (χ1v) is 5.21. The standard InChI is InChI=1S/C11H11N3O4/c1-8-10(13-18-14(8)16)12-11(15)17-7-9-5-3-2-4-6-9/h2-6H,7H2,1H3,(H,12,13,15). The van der Waals surface area contributed by atoms with E-state index in [9.17, 15) is 10.0 Å². The van der Waals surface area contributed by atoms with Crippen LogP contribution in [0, 0.1) is 12.1 Å². The fourth-order valence-electron chi connectivity index (χ4n) is 1.26. The number of carbonyl (C=O) groups excluding carboxylic acids is 1. The first kappa shape index (κ1) is 11.9. The van der Waals surface area contributed by atoms with Gasteiger partial charge in [0.05, 0.1) is 5.16 Å². The molecular weight excluding hydrogens is 238 g/mol. The van der Waals surface area contributed by atoms with Crippen molar-refractivity contribution in [2.45, 2.75) is 13.5 Å². The molecule has 2 rings (SSSR count). The van der Waals surface area contributed by atoms with Gasteiger partial charge in [-0.15, -0.1) is 0 Å². The number of amides is 1. The minimum absolute atomic E-state index is 0.0445. The number of hydrogen-bond donors (Lipinski definition) is 1. The summed E-state index contributed by atoms with van der Waals surface area (Å²) in [6.45, 7) is 1.61. The van der Waals surface area contributed by atoms with Crippen LogP contribution in [0.5, 0.6) is 0 Å². The van der Waals surface area contributed by atoms with Gasteiger partial charge in [-0.2, -0.15) is 0 Å². The van der Waals surface area contributed by atoms with Gasteiger partial charge in [0.2, 0.25) is 5.69 Å². The molecule has 18 heavy (non-hydrogen) atoms. The van der Waals surface area contributed by atoms with Crippen LogP contribution >= 0.6 is 0 Å². The van der Waals surface area contributed by atoms with Crippen LogP contribution in [-0.4, -0.2) is 11.2 Å². The van der Waals surface area contributed by atoms with Gasteiger partial charge in [-0.05, 0) is 10.5 Å². The lowest BCUT2D eigenvalue weighted by molar-refractivity contribution is -0.806. The molecule has 1 heterocycles. The number of carbonyl (C=O) groups is 1. The van der Waals surface area contributed by atoms with Gasteiger partial charge in [-0.1, -0.05) is 30.3 Å². The van der Waals surface area contributed by atoms with E-state index in [1.807, 2.05) is 30.3 Å². The summed E-state index contributed by atoms with van der Waals surface area (Å²) in [5.74, 6) is 0.0445. The van der Waals surface area contributed by atoms with Gasteiger partial charge in [0.15, 0.2) is 0 Å². The Bertz CT molecular complexity index is 538. The molecule has 0 fully saturated rings. The Morgan fingerprint density at radius 1 is 1.50 bits per heavy atom. The van der Waals surface area contributed by atoms with Crippen molar-refractivity contribution in [3.63, 3.8) is 0 Å². The maximum atomic E-state index is 11.4. The lowest BCUT2D eigenvalue weighted by Crippen LogP contribution is -2.26. The van der Waals surface area contributed by atoms with Crippen LogP contribution < -0.4 is 10.2 Å². The van der Waals surface area contributed by atoms with Crippen LogP contribution in [0.2, 0.25) is 0 Å². The molecule has 0 saturated carbocycles. The van der Waals surface area contributed by atoms with Crippen LogP contribution in [0.3, 0.4) is 0 Å². The van der Waals surface area contributed by atoms with Crippen LogP contribution in [0.4, 0.5) is 10.6 Å². The van der Waals surface area contributed by atoms with E-state index < -0.39 is 6.09 Å². The summed E-state index contributed by atoms with van der Waals surface area (Å²) in [5.41, 5.74) is 1.02. The van der Waals surface area contributed by atoms with Gasteiger partial charge in [0.25, 0.3) is 0 Å². The molecule has 2 aromatic rings. The van der Waals surface area contributed by atoms with Crippen molar-refractivity contribution in [1.29, 1.82) is 0 Å². The van der Waals surface area contributed by atoms with Crippen LogP contribution in [0.1, 0.15) is 11.3 Å². The largest absolute Gasteiger partial charge is 0.444 e. The fraction of sp³-hybridized carbons (Fsp3) is 0.182. The zero-order chi connectivity index (χ0) is 13.0. The number of benzene rings is 1. The van der Waals surface area contributed by atoms with Gasteiger partial charge in [-0.3, -0.25) is 4.63 Å². The van der Waals surface area contributed by atoms with Crippen molar-refractivity contribution in [2.75, 3.05) is 5.32 Å². The summed E-state index contributed by atoms with van der Waals surface area (Å²) in [6.07, 6.45) is -0.698. The van der Waals surface area contributed by atoms with Crippen LogP contribution in [0.15, 0.2) is 35.0 Å². The molecule has 0 atom stereocenters. The zero-order valence-corrected chi connectivity index (χ0v) is 9.62. The topological polar surface area (TPSA) is 91.3 Å². The summed E-state index contributed by atoms with van der Waals surface area (Å²) < 4.78 is 9.25. The molecule has 1 amide bonds. The van der Waals surface area contributed by atoms with E-state index in [-0.39, 0.29) is 23.0 Å². The van der Waals surface area contributed by atoms with E-state index >= 15 is 0 Å². The molecule has 1 aromatic heterocycles. The minimum atomic E-state index is -0.698. The zero-order valence-electron chi connectivity index (χ0n) is 9.62. The van der Waals surface area contributed by atoms with E-state index in [0.717, 1.165) is 5.56 Å². The smallest absolute Gasteiger partial charge is 0.414 e. The highest BCUT2D eigenvalue weighted by Gasteiger charge is 2.17. The average molecular weight is 249 g/mol. The third kappa shape index (κ3) is 2.76. The highest BCUT2D eigenvalue weighted by Crippen LogP contribution is 2.07. The van der Waals surface area contributed by atoms with Gasteiger partial charge < -0.3 is 9.94 Å². The molecule has 0 bridgehead atoms. The second-order valence-corrected chi connectivity index (χ2v) is 3.55. The molecular formula is C11H11N3O4.